The van der Waals surface area contributed by atoms with Gasteiger partial charge in [0.2, 0.25) is 0 Å². The molecule has 0 amide bonds. The molecule has 0 N–H and O–H groups in total. The zero-order chi connectivity index (χ0) is 59.9. The highest BCUT2D eigenvalue weighted by Gasteiger charge is 2.19. The highest BCUT2D eigenvalue weighted by Crippen LogP contribution is 2.16. The molecular weight excluding hydrogens is 1020 g/mol. The van der Waals surface area contributed by atoms with Gasteiger partial charge in [-0.3, -0.25) is 14.4 Å². The molecule has 0 aliphatic carbocycles. The zero-order valence-electron chi connectivity index (χ0n) is 54.4. The highest BCUT2D eigenvalue weighted by molar-refractivity contribution is 5.71. The number of ether oxygens (including phenoxy) is 3. The number of allylic oxidation sites excluding steroid dienone is 20. The van der Waals surface area contributed by atoms with Crippen LogP contribution < -0.4 is 0 Å². The van der Waals surface area contributed by atoms with Crippen LogP contribution in [-0.2, 0) is 28.6 Å². The predicted octanol–water partition coefficient (Wildman–Crippen LogP) is 24.3. The van der Waals surface area contributed by atoms with Crippen LogP contribution in [0.15, 0.2) is 122 Å². The maximum Gasteiger partial charge on any atom is 0.306 e. The molecule has 1 atom stereocenters. The number of esters is 3. The summed E-state index contributed by atoms with van der Waals surface area (Å²) >= 11 is 0. The third-order valence-corrected chi connectivity index (χ3v) is 14.9. The van der Waals surface area contributed by atoms with E-state index in [0.717, 1.165) is 122 Å². The average molecular weight is 1150 g/mol. The summed E-state index contributed by atoms with van der Waals surface area (Å²) in [6, 6.07) is 0. The Bertz CT molecular complexity index is 1700. The molecule has 0 rings (SSSR count). The Morgan fingerprint density at radius 3 is 0.783 bits per heavy atom. The lowest BCUT2D eigenvalue weighted by Gasteiger charge is -2.18. The summed E-state index contributed by atoms with van der Waals surface area (Å²) in [4.78, 5) is 38.4. The second-order valence-corrected chi connectivity index (χ2v) is 23.1. The van der Waals surface area contributed by atoms with Gasteiger partial charge in [0.05, 0.1) is 0 Å². The molecule has 474 valence electrons. The van der Waals surface area contributed by atoms with Crippen molar-refractivity contribution in [1.29, 1.82) is 0 Å². The van der Waals surface area contributed by atoms with Crippen LogP contribution in [0.2, 0.25) is 0 Å². The smallest absolute Gasteiger partial charge is 0.306 e. The van der Waals surface area contributed by atoms with Crippen molar-refractivity contribution in [1.82, 2.24) is 0 Å². The molecule has 6 heteroatoms. The van der Waals surface area contributed by atoms with Crippen LogP contribution in [0.4, 0.5) is 0 Å². The van der Waals surface area contributed by atoms with Gasteiger partial charge < -0.3 is 14.2 Å². The lowest BCUT2D eigenvalue weighted by Crippen LogP contribution is -2.30. The Balaban J connectivity index is 4.28. The summed E-state index contributed by atoms with van der Waals surface area (Å²) in [7, 11) is 0. The third kappa shape index (κ3) is 68.5. The normalized spacial score (nSPS) is 12.9. The van der Waals surface area contributed by atoms with E-state index in [1.807, 2.05) is 0 Å². The number of hydrogen-bond donors (Lipinski definition) is 0. The number of unbranched alkanes of at least 4 members (excludes halogenated alkanes) is 32. The minimum Gasteiger partial charge on any atom is -0.462 e. The Labute approximate surface area is 513 Å². The highest BCUT2D eigenvalue weighted by atomic mass is 16.6. The van der Waals surface area contributed by atoms with Gasteiger partial charge in [0.1, 0.15) is 13.2 Å². The molecule has 0 aliphatic heterocycles. The minimum absolute atomic E-state index is 0.0864. The van der Waals surface area contributed by atoms with Crippen molar-refractivity contribution >= 4 is 17.9 Å². The van der Waals surface area contributed by atoms with Crippen molar-refractivity contribution in [3.63, 3.8) is 0 Å². The summed E-state index contributed by atoms with van der Waals surface area (Å²) in [6.07, 6.45) is 97.9. The van der Waals surface area contributed by atoms with E-state index in [2.05, 4.69) is 142 Å². The minimum atomic E-state index is -0.790. The lowest BCUT2D eigenvalue weighted by atomic mass is 10.0. The van der Waals surface area contributed by atoms with Gasteiger partial charge in [-0.2, -0.15) is 0 Å². The van der Waals surface area contributed by atoms with Crippen molar-refractivity contribution in [3.8, 4) is 0 Å². The zero-order valence-corrected chi connectivity index (χ0v) is 54.4. The van der Waals surface area contributed by atoms with E-state index in [1.165, 1.54) is 167 Å². The van der Waals surface area contributed by atoms with Gasteiger partial charge in [0, 0.05) is 19.3 Å². The van der Waals surface area contributed by atoms with Crippen molar-refractivity contribution < 1.29 is 28.6 Å². The third-order valence-electron chi connectivity index (χ3n) is 14.9. The van der Waals surface area contributed by atoms with Crippen LogP contribution in [0.5, 0.6) is 0 Å². The maximum atomic E-state index is 12.9. The molecule has 0 spiro atoms. The molecule has 0 bridgehead atoms. The Kier molecular flexibility index (Phi) is 66.7. The summed E-state index contributed by atoms with van der Waals surface area (Å²) < 4.78 is 16.9. The summed E-state index contributed by atoms with van der Waals surface area (Å²) in [5.74, 6) is -0.897. The van der Waals surface area contributed by atoms with Crippen LogP contribution in [0.3, 0.4) is 0 Å². The summed E-state index contributed by atoms with van der Waals surface area (Å²) in [5.41, 5.74) is 0. The fourth-order valence-corrected chi connectivity index (χ4v) is 9.67. The van der Waals surface area contributed by atoms with Crippen LogP contribution >= 0.6 is 0 Å². The maximum absolute atomic E-state index is 12.9. The molecule has 0 fully saturated rings. The quantitative estimate of drug-likeness (QED) is 0.0261. The first-order valence-corrected chi connectivity index (χ1v) is 35.0. The van der Waals surface area contributed by atoms with E-state index in [-0.39, 0.29) is 31.1 Å². The molecule has 0 saturated heterocycles. The van der Waals surface area contributed by atoms with E-state index in [4.69, 9.17) is 14.2 Å². The van der Waals surface area contributed by atoms with Gasteiger partial charge in [0.15, 0.2) is 6.10 Å². The van der Waals surface area contributed by atoms with E-state index in [0.29, 0.717) is 19.3 Å². The lowest BCUT2D eigenvalue weighted by molar-refractivity contribution is -0.167. The number of carbonyl (C=O) groups is 3. The van der Waals surface area contributed by atoms with Crippen molar-refractivity contribution in [2.45, 2.75) is 335 Å². The largest absolute Gasteiger partial charge is 0.462 e. The molecule has 0 heterocycles. The Morgan fingerprint density at radius 2 is 0.482 bits per heavy atom. The molecular formula is C77H130O6. The van der Waals surface area contributed by atoms with Gasteiger partial charge in [-0.25, -0.2) is 0 Å². The fraction of sp³-hybridized carbons (Fsp3) is 0.701. The second kappa shape index (κ2) is 70.3. The Morgan fingerprint density at radius 1 is 0.253 bits per heavy atom. The van der Waals surface area contributed by atoms with E-state index >= 15 is 0 Å². The van der Waals surface area contributed by atoms with E-state index in [9.17, 15) is 14.4 Å². The van der Waals surface area contributed by atoms with Crippen LogP contribution in [0.25, 0.3) is 0 Å². The summed E-state index contributed by atoms with van der Waals surface area (Å²) in [6.45, 7) is 6.48. The van der Waals surface area contributed by atoms with Crippen molar-refractivity contribution in [2.75, 3.05) is 13.2 Å². The molecule has 0 aliphatic rings. The first-order valence-electron chi connectivity index (χ1n) is 35.0. The molecule has 0 aromatic carbocycles. The van der Waals surface area contributed by atoms with Gasteiger partial charge in [-0.05, 0) is 128 Å². The molecule has 1 unspecified atom stereocenters. The number of carbonyl (C=O) groups excluding carboxylic acids is 3. The first kappa shape index (κ1) is 78.8. The molecule has 0 radical (unpaired) electrons. The van der Waals surface area contributed by atoms with Gasteiger partial charge >= 0.3 is 17.9 Å². The second-order valence-electron chi connectivity index (χ2n) is 23.1. The van der Waals surface area contributed by atoms with Crippen LogP contribution in [0, 0.1) is 0 Å². The van der Waals surface area contributed by atoms with E-state index in [1.54, 1.807) is 0 Å². The predicted molar refractivity (Wildman–Crippen MR) is 362 cm³/mol. The van der Waals surface area contributed by atoms with Gasteiger partial charge in [-0.1, -0.05) is 303 Å². The van der Waals surface area contributed by atoms with E-state index < -0.39 is 6.10 Å². The van der Waals surface area contributed by atoms with Crippen molar-refractivity contribution in [2.24, 2.45) is 0 Å². The number of rotatable bonds is 63. The van der Waals surface area contributed by atoms with Gasteiger partial charge in [0.25, 0.3) is 0 Å². The monoisotopic (exact) mass is 1150 g/mol. The molecule has 0 saturated carbocycles. The van der Waals surface area contributed by atoms with Crippen LogP contribution in [-0.4, -0.2) is 37.2 Å². The molecule has 83 heavy (non-hydrogen) atoms. The number of hydrogen-bond acceptors (Lipinski definition) is 6. The van der Waals surface area contributed by atoms with Crippen LogP contribution in [0.1, 0.15) is 329 Å². The molecule has 6 nitrogen and oxygen atoms in total. The average Bonchev–Trinajstić information content (AvgIpc) is 3.48. The molecule has 0 aromatic rings. The van der Waals surface area contributed by atoms with Gasteiger partial charge in [-0.15, -0.1) is 0 Å². The van der Waals surface area contributed by atoms with Crippen molar-refractivity contribution in [3.05, 3.63) is 122 Å². The standard InChI is InChI=1S/C77H130O6/c1-4-7-10-13-16-19-22-24-26-28-30-32-34-36-38-40-42-44-46-48-50-52-55-58-61-64-67-70-76(79)82-73-74(72-81-75(78)69-66-63-60-57-54-21-18-15-12-9-6-3)83-77(80)71-68-65-62-59-56-53-51-49-47-45-43-41-39-37-35-33-31-29-27-25-23-20-17-14-11-8-5-2/h7,10,15-16,18-19,23-26,29-32,35-38,42,44,74H,4-6,8-9,11-14,17,20-22,27-28,33-34,39-41,43,45-73H2,1-3H3/b10-7-,18-15-,19-16-,25-23-,26-24-,31-29-,32-30-,37-35-,38-36-,44-42-. The SMILES string of the molecule is CC/C=C\C/C=C\C/C=C\C/C=C\C/C=C\C/C=C\CCCCCCCCCCC(=O)OCC(COC(=O)CCCCCCC/C=C\CCCC)OC(=O)CCCCCCCCCCCCCC/C=C\C/C=C\C/C=C\CCCCCCC. The fourth-order valence-electron chi connectivity index (χ4n) is 9.67. The first-order chi connectivity index (χ1) is 41.0. The topological polar surface area (TPSA) is 78.9 Å². The summed E-state index contributed by atoms with van der Waals surface area (Å²) in [5, 5.41) is 0. The molecule has 0 aromatic heterocycles. The Hall–Kier alpha value is -4.19.